The molecule has 1 amide bonds. The molecule has 0 spiro atoms. The van der Waals surface area contributed by atoms with Gasteiger partial charge in [0.15, 0.2) is 0 Å². The Morgan fingerprint density at radius 1 is 1.21 bits per heavy atom. The third-order valence-electron chi connectivity index (χ3n) is 4.57. The lowest BCUT2D eigenvalue weighted by molar-refractivity contribution is 0.0689. The zero-order valence-corrected chi connectivity index (χ0v) is 17.0. The molecular weight excluding hydrogens is 388 g/mol. The SMILES string of the molecule is CC(C)N(Cc1ccc(Cl)cc1)C(=O)c1c[nH]c2ccc(C#CCO)cc2c1=O. The van der Waals surface area contributed by atoms with E-state index in [2.05, 4.69) is 16.8 Å². The lowest BCUT2D eigenvalue weighted by atomic mass is 10.1. The van der Waals surface area contributed by atoms with Crippen LogP contribution in [0.15, 0.2) is 53.5 Å². The summed E-state index contributed by atoms with van der Waals surface area (Å²) >= 11 is 5.94. The lowest BCUT2D eigenvalue weighted by Gasteiger charge is -2.27. The first-order chi connectivity index (χ1) is 13.9. The van der Waals surface area contributed by atoms with Crippen LogP contribution in [0, 0.1) is 11.8 Å². The van der Waals surface area contributed by atoms with Crippen molar-refractivity contribution >= 4 is 28.4 Å². The van der Waals surface area contributed by atoms with E-state index >= 15 is 0 Å². The number of hydrogen-bond donors (Lipinski definition) is 2. The minimum absolute atomic E-state index is 0.0763. The monoisotopic (exact) mass is 408 g/mol. The molecule has 2 N–H and O–H groups in total. The molecule has 1 aromatic heterocycles. The second-order valence-corrected chi connectivity index (χ2v) is 7.34. The van der Waals surface area contributed by atoms with E-state index in [0.29, 0.717) is 28.0 Å². The van der Waals surface area contributed by atoms with E-state index in [1.165, 1.54) is 6.20 Å². The summed E-state index contributed by atoms with van der Waals surface area (Å²) in [6.07, 6.45) is 1.46. The fourth-order valence-electron chi connectivity index (χ4n) is 3.03. The number of carbonyl (C=O) groups excluding carboxylic acids is 1. The van der Waals surface area contributed by atoms with Crippen LogP contribution in [0.1, 0.15) is 35.3 Å². The van der Waals surface area contributed by atoms with E-state index in [1.54, 1.807) is 35.2 Å². The number of aromatic amines is 1. The fourth-order valence-corrected chi connectivity index (χ4v) is 3.15. The molecule has 0 saturated carbocycles. The standard InChI is InChI=1S/C23H21ClN2O3/c1-15(2)26(14-17-5-8-18(24)9-6-17)23(29)20-13-25-21-10-7-16(4-3-11-27)12-19(21)22(20)28/h5-10,12-13,15,27H,11,14H2,1-2H3,(H,25,28). The van der Waals surface area contributed by atoms with Crippen LogP contribution in [0.3, 0.4) is 0 Å². The van der Waals surface area contributed by atoms with Crippen LogP contribution >= 0.6 is 11.6 Å². The van der Waals surface area contributed by atoms with E-state index in [1.807, 2.05) is 26.0 Å². The van der Waals surface area contributed by atoms with Crippen LogP contribution in [0.4, 0.5) is 0 Å². The van der Waals surface area contributed by atoms with Gasteiger partial charge in [-0.05, 0) is 49.7 Å². The van der Waals surface area contributed by atoms with Gasteiger partial charge in [-0.15, -0.1) is 0 Å². The third kappa shape index (κ3) is 4.68. The van der Waals surface area contributed by atoms with Crippen molar-refractivity contribution in [3.05, 3.63) is 80.6 Å². The number of H-pyrrole nitrogens is 1. The number of fused-ring (bicyclic) bond motifs is 1. The van der Waals surface area contributed by atoms with E-state index < -0.39 is 0 Å². The molecule has 0 aliphatic rings. The molecule has 0 aliphatic carbocycles. The normalized spacial score (nSPS) is 10.7. The van der Waals surface area contributed by atoms with E-state index in [4.69, 9.17) is 16.7 Å². The van der Waals surface area contributed by atoms with Gasteiger partial charge in [0.2, 0.25) is 5.43 Å². The molecule has 0 radical (unpaired) electrons. The van der Waals surface area contributed by atoms with Gasteiger partial charge in [-0.25, -0.2) is 0 Å². The molecule has 3 rings (SSSR count). The van der Waals surface area contributed by atoms with Crippen molar-refractivity contribution < 1.29 is 9.90 Å². The number of benzene rings is 2. The minimum atomic E-state index is -0.349. The van der Waals surface area contributed by atoms with Crippen molar-refractivity contribution in [2.24, 2.45) is 0 Å². The first-order valence-corrected chi connectivity index (χ1v) is 9.59. The number of nitrogens with zero attached hydrogens (tertiary/aromatic N) is 1. The maximum Gasteiger partial charge on any atom is 0.259 e. The quantitative estimate of drug-likeness (QED) is 0.648. The molecule has 0 atom stereocenters. The summed E-state index contributed by atoms with van der Waals surface area (Å²) in [7, 11) is 0. The molecule has 1 heterocycles. The van der Waals surface area contributed by atoms with Crippen LogP contribution in [0.5, 0.6) is 0 Å². The minimum Gasteiger partial charge on any atom is -0.384 e. The summed E-state index contributed by atoms with van der Waals surface area (Å²) in [5.41, 5.74) is 1.87. The molecule has 0 saturated heterocycles. The Morgan fingerprint density at radius 2 is 1.93 bits per heavy atom. The number of amides is 1. The summed E-state index contributed by atoms with van der Waals surface area (Å²) in [5.74, 6) is 5.00. The highest BCUT2D eigenvalue weighted by molar-refractivity contribution is 6.30. The molecule has 0 aliphatic heterocycles. The zero-order valence-electron chi connectivity index (χ0n) is 16.2. The Morgan fingerprint density at radius 3 is 2.59 bits per heavy atom. The van der Waals surface area contributed by atoms with E-state index in [-0.39, 0.29) is 29.5 Å². The van der Waals surface area contributed by atoms with Crippen LogP contribution in [-0.4, -0.2) is 33.5 Å². The van der Waals surface area contributed by atoms with Crippen molar-refractivity contribution in [2.45, 2.75) is 26.4 Å². The van der Waals surface area contributed by atoms with Crippen LogP contribution in [-0.2, 0) is 6.54 Å². The highest BCUT2D eigenvalue weighted by atomic mass is 35.5. The molecule has 148 valence electrons. The number of aliphatic hydroxyl groups excluding tert-OH is 1. The number of aromatic nitrogens is 1. The van der Waals surface area contributed by atoms with Crippen molar-refractivity contribution in [1.29, 1.82) is 0 Å². The Bertz CT molecular complexity index is 1150. The highest BCUT2D eigenvalue weighted by Crippen LogP contribution is 2.16. The molecule has 0 fully saturated rings. The molecule has 2 aromatic carbocycles. The topological polar surface area (TPSA) is 73.4 Å². The molecule has 6 heteroatoms. The molecule has 29 heavy (non-hydrogen) atoms. The summed E-state index contributed by atoms with van der Waals surface area (Å²) in [6.45, 7) is 3.92. The zero-order chi connectivity index (χ0) is 21.0. The number of nitrogens with one attached hydrogen (secondary N) is 1. The number of pyridine rings is 1. The fraction of sp³-hybridized carbons (Fsp3) is 0.217. The Labute approximate surface area is 173 Å². The number of aliphatic hydroxyl groups is 1. The lowest BCUT2D eigenvalue weighted by Crippen LogP contribution is -2.38. The van der Waals surface area contributed by atoms with Gasteiger partial charge in [-0.1, -0.05) is 35.6 Å². The second-order valence-electron chi connectivity index (χ2n) is 6.90. The van der Waals surface area contributed by atoms with Crippen LogP contribution in [0.25, 0.3) is 10.9 Å². The van der Waals surface area contributed by atoms with Gasteiger partial charge < -0.3 is 15.0 Å². The predicted molar refractivity (Wildman–Crippen MR) is 115 cm³/mol. The Kier molecular flexibility index (Phi) is 6.38. The number of halogens is 1. The molecular formula is C23H21ClN2O3. The maximum absolute atomic E-state index is 13.2. The van der Waals surface area contributed by atoms with Gasteiger partial charge in [0.05, 0.1) is 0 Å². The van der Waals surface area contributed by atoms with Gasteiger partial charge in [-0.2, -0.15) is 0 Å². The second kappa shape index (κ2) is 8.95. The molecule has 3 aromatic rings. The Balaban J connectivity index is 2.00. The third-order valence-corrected chi connectivity index (χ3v) is 4.83. The summed E-state index contributed by atoms with van der Waals surface area (Å²) < 4.78 is 0. The van der Waals surface area contributed by atoms with Crippen molar-refractivity contribution in [3.8, 4) is 11.8 Å². The average Bonchev–Trinajstić information content (AvgIpc) is 2.71. The number of rotatable bonds is 4. The van der Waals surface area contributed by atoms with Crippen LogP contribution in [0.2, 0.25) is 5.02 Å². The maximum atomic E-state index is 13.2. The smallest absolute Gasteiger partial charge is 0.259 e. The van der Waals surface area contributed by atoms with Gasteiger partial charge in [0, 0.05) is 40.3 Å². The largest absolute Gasteiger partial charge is 0.384 e. The van der Waals surface area contributed by atoms with Gasteiger partial charge in [0.25, 0.3) is 5.91 Å². The number of hydrogen-bond acceptors (Lipinski definition) is 3. The van der Waals surface area contributed by atoms with Gasteiger partial charge in [-0.3, -0.25) is 9.59 Å². The average molecular weight is 409 g/mol. The molecule has 0 unspecified atom stereocenters. The molecule has 5 nitrogen and oxygen atoms in total. The van der Waals surface area contributed by atoms with Gasteiger partial charge >= 0.3 is 0 Å². The molecule has 0 bridgehead atoms. The van der Waals surface area contributed by atoms with Crippen LogP contribution < -0.4 is 5.43 Å². The van der Waals surface area contributed by atoms with Gasteiger partial charge in [0.1, 0.15) is 12.2 Å². The van der Waals surface area contributed by atoms with E-state index in [0.717, 1.165) is 5.56 Å². The van der Waals surface area contributed by atoms with Crippen molar-refractivity contribution in [1.82, 2.24) is 9.88 Å². The van der Waals surface area contributed by atoms with Crippen molar-refractivity contribution in [3.63, 3.8) is 0 Å². The first-order valence-electron chi connectivity index (χ1n) is 9.21. The van der Waals surface area contributed by atoms with Crippen molar-refractivity contribution in [2.75, 3.05) is 6.61 Å². The first kappa shape index (κ1) is 20.7. The van der Waals surface area contributed by atoms with E-state index in [9.17, 15) is 9.59 Å². The summed E-state index contributed by atoms with van der Waals surface area (Å²) in [6, 6.07) is 12.3. The highest BCUT2D eigenvalue weighted by Gasteiger charge is 2.22. The number of carbonyl (C=O) groups is 1. The summed E-state index contributed by atoms with van der Waals surface area (Å²) in [4.78, 5) is 30.9. The summed E-state index contributed by atoms with van der Waals surface area (Å²) in [5, 5.41) is 9.87. The Hall–Kier alpha value is -3.07. The predicted octanol–water partition coefficient (Wildman–Crippen LogP) is 3.58.